The molecule has 1 aromatic rings. The van der Waals surface area contributed by atoms with Gasteiger partial charge >= 0.3 is 0 Å². The zero-order valence-corrected chi connectivity index (χ0v) is 51.2. The van der Waals surface area contributed by atoms with Gasteiger partial charge in [-0.3, -0.25) is 0 Å². The fourth-order valence-corrected chi connectivity index (χ4v) is 9.16. The van der Waals surface area contributed by atoms with Crippen LogP contribution in [0.2, 0.25) is 0 Å². The molecular formula is C65H140N8. The minimum atomic E-state index is 0. The number of hydrogen-bond donors (Lipinski definition) is 2. The van der Waals surface area contributed by atoms with E-state index in [9.17, 15) is 0 Å². The summed E-state index contributed by atoms with van der Waals surface area (Å²) in [6.07, 6.45) is 26.0. The number of rotatable bonds is 4. The number of nitrogens with two attached hydrogens (primary N) is 2. The van der Waals surface area contributed by atoms with Crippen molar-refractivity contribution in [1.29, 1.82) is 0 Å². The topological polar surface area (TPSA) is 71.5 Å². The summed E-state index contributed by atoms with van der Waals surface area (Å²) < 4.78 is 0. The van der Waals surface area contributed by atoms with Gasteiger partial charge in [0, 0.05) is 32.2 Å². The van der Waals surface area contributed by atoms with Crippen LogP contribution in [-0.4, -0.2) is 164 Å². The molecule has 0 spiro atoms. The highest BCUT2D eigenvalue weighted by Gasteiger charge is 2.15. The Balaban J connectivity index is -0.000000173. The Hall–Kier alpha value is -1.62. The van der Waals surface area contributed by atoms with Crippen LogP contribution < -0.4 is 11.5 Å². The van der Waals surface area contributed by atoms with Crippen molar-refractivity contribution in [2.75, 3.05) is 128 Å². The lowest BCUT2D eigenvalue weighted by molar-refractivity contribution is 0.200. The first kappa shape index (κ1) is 82.7. The lowest BCUT2D eigenvalue weighted by atomic mass is 10.00. The Kier molecular flexibility index (Phi) is 62.5. The molecule has 4 unspecified atom stereocenters. The standard InChI is InChI=1S/C11H16.C8H17N.C7H15N.C7H13N.2C7H15N.C7H14.C6H13N.2CH5N.3CH4/c1-4-10-7-6-9(3)8-11(10)5-2;1-8-4-3-6-9(2)7-5-8;2*1-7-3-5-8(2)6-4-7;1-7-4-3-5-8(2)6-7;1-7-5-3-4-6-8(7)2;1-4-6-7(3)5-2;1-6-3-4-7(2)5-6;2*1-2;;;/h6-8H,4-5H2,1-3H3;8H,3-7H2,1-2H3;7H,3-6H2,1-2H3;3H,4-6H2,1-2H3;2*7H,3-6H2,1-2H3;6H,4-5H2,1-3H3;6H,3-5H2,1-2H3;2*2H2,1H3;3*1H4/b;;;;;;7-6-;;;;;;. The number of aryl methyl sites for hydroxylation is 3. The molecule has 440 valence electrons. The van der Waals surface area contributed by atoms with Gasteiger partial charge in [-0.2, -0.15) is 0 Å². The SMILES string of the molecule is C.C.C.CC/C=C(/C)CC.CC1=CCN(C)CC1.CC1CCCCN1C.CC1CCCN(C)C1.CC1CCCN(C)CC1.CC1CCN(C)C1.CC1CCN(C)CC1.CCc1ccc(C)cc1CC.CN.CN. The predicted octanol–water partition coefficient (Wildman–Crippen LogP) is 15.1. The lowest BCUT2D eigenvalue weighted by Crippen LogP contribution is -2.33. The first-order chi connectivity index (χ1) is 33.3. The normalized spacial score (nSPS) is 22.7. The molecule has 0 bridgehead atoms. The van der Waals surface area contributed by atoms with E-state index in [0.29, 0.717) is 0 Å². The number of allylic oxidation sites excluding steroid dienone is 2. The van der Waals surface area contributed by atoms with Gasteiger partial charge in [-0.05, 0) is 261 Å². The maximum Gasteiger partial charge on any atom is 0.0162 e. The minimum absolute atomic E-state index is 0. The van der Waals surface area contributed by atoms with Crippen LogP contribution in [0.1, 0.15) is 205 Å². The summed E-state index contributed by atoms with van der Waals surface area (Å²) in [6.45, 7) is 41.1. The number of likely N-dealkylation sites (tertiary alicyclic amines) is 5. The van der Waals surface area contributed by atoms with E-state index in [0.717, 1.165) is 49.1 Å². The van der Waals surface area contributed by atoms with Crippen molar-refractivity contribution < 1.29 is 0 Å². The van der Waals surface area contributed by atoms with Gasteiger partial charge in [0.15, 0.2) is 0 Å². The summed E-state index contributed by atoms with van der Waals surface area (Å²) >= 11 is 0. The third-order valence-corrected chi connectivity index (χ3v) is 14.7. The molecule has 6 heterocycles. The molecular weight excluding hydrogens is 893 g/mol. The van der Waals surface area contributed by atoms with E-state index >= 15 is 0 Å². The quantitative estimate of drug-likeness (QED) is 0.289. The van der Waals surface area contributed by atoms with Crippen molar-refractivity contribution in [1.82, 2.24) is 29.4 Å². The van der Waals surface area contributed by atoms with E-state index in [1.54, 1.807) is 5.57 Å². The molecule has 0 aliphatic carbocycles. The second-order valence-electron chi connectivity index (χ2n) is 22.2. The van der Waals surface area contributed by atoms with E-state index in [4.69, 9.17) is 0 Å². The second kappa shape index (κ2) is 55.1. The molecule has 6 aliphatic rings. The Morgan fingerprint density at radius 3 is 1.33 bits per heavy atom. The molecule has 8 heteroatoms. The highest BCUT2D eigenvalue weighted by atomic mass is 15.1. The molecule has 1 aromatic carbocycles. The van der Waals surface area contributed by atoms with E-state index in [-0.39, 0.29) is 22.3 Å². The molecule has 4 N–H and O–H groups in total. The van der Waals surface area contributed by atoms with Crippen LogP contribution in [0.4, 0.5) is 0 Å². The first-order valence-corrected chi connectivity index (χ1v) is 29.0. The van der Waals surface area contributed by atoms with Crippen molar-refractivity contribution >= 4 is 0 Å². The van der Waals surface area contributed by atoms with Crippen molar-refractivity contribution in [3.8, 4) is 0 Å². The number of benzene rings is 1. The fraction of sp³-hybridized carbons (Fsp3) is 0.846. The Bertz CT molecular complexity index is 1290. The van der Waals surface area contributed by atoms with Gasteiger partial charge in [0.25, 0.3) is 0 Å². The average Bonchev–Trinajstić information content (AvgIpc) is 3.64. The Morgan fingerprint density at radius 1 is 0.521 bits per heavy atom. The summed E-state index contributed by atoms with van der Waals surface area (Å²) in [5.74, 6) is 3.83. The van der Waals surface area contributed by atoms with Crippen LogP contribution in [0.15, 0.2) is 41.5 Å². The average molecular weight is 1030 g/mol. The van der Waals surface area contributed by atoms with E-state index in [2.05, 4.69) is 197 Å². The lowest BCUT2D eigenvalue weighted by Gasteiger charge is -2.29. The van der Waals surface area contributed by atoms with Crippen LogP contribution in [-0.2, 0) is 12.8 Å². The molecule has 4 atom stereocenters. The van der Waals surface area contributed by atoms with Crippen LogP contribution >= 0.6 is 0 Å². The van der Waals surface area contributed by atoms with E-state index in [1.165, 1.54) is 192 Å². The molecule has 7 rings (SSSR count). The highest BCUT2D eigenvalue weighted by Crippen LogP contribution is 2.17. The molecule has 0 radical (unpaired) electrons. The van der Waals surface area contributed by atoms with Crippen LogP contribution in [0.3, 0.4) is 0 Å². The Morgan fingerprint density at radius 2 is 0.973 bits per heavy atom. The van der Waals surface area contributed by atoms with Crippen molar-refractivity contribution in [3.63, 3.8) is 0 Å². The maximum atomic E-state index is 4.50. The van der Waals surface area contributed by atoms with Gasteiger partial charge in [0.2, 0.25) is 0 Å². The summed E-state index contributed by atoms with van der Waals surface area (Å²) in [6, 6.07) is 7.56. The summed E-state index contributed by atoms with van der Waals surface area (Å²) in [5.41, 5.74) is 16.4. The fourth-order valence-electron chi connectivity index (χ4n) is 9.16. The zero-order valence-electron chi connectivity index (χ0n) is 51.2. The molecule has 5 fully saturated rings. The largest absolute Gasteiger partial charge is 0.333 e. The number of piperidine rings is 3. The molecule has 73 heavy (non-hydrogen) atoms. The molecule has 0 saturated carbocycles. The van der Waals surface area contributed by atoms with Crippen LogP contribution in [0.25, 0.3) is 0 Å². The smallest absolute Gasteiger partial charge is 0.0162 e. The first-order valence-electron chi connectivity index (χ1n) is 29.0. The van der Waals surface area contributed by atoms with Gasteiger partial charge < -0.3 is 40.9 Å². The van der Waals surface area contributed by atoms with Crippen molar-refractivity contribution in [3.05, 3.63) is 58.2 Å². The second-order valence-corrected chi connectivity index (χ2v) is 22.2. The van der Waals surface area contributed by atoms with Crippen molar-refractivity contribution in [2.24, 2.45) is 35.1 Å². The molecule has 6 aliphatic heterocycles. The molecule has 8 nitrogen and oxygen atoms in total. The molecule has 0 amide bonds. The maximum absolute atomic E-state index is 4.50. The molecule has 0 aromatic heterocycles. The summed E-state index contributed by atoms with van der Waals surface area (Å²) in [5, 5.41) is 0. The summed E-state index contributed by atoms with van der Waals surface area (Å²) in [4.78, 5) is 14.4. The minimum Gasteiger partial charge on any atom is -0.333 e. The van der Waals surface area contributed by atoms with Gasteiger partial charge in [0.05, 0.1) is 0 Å². The van der Waals surface area contributed by atoms with Gasteiger partial charge in [-0.1, -0.05) is 131 Å². The number of nitrogens with zero attached hydrogens (tertiary/aromatic N) is 6. The number of likely N-dealkylation sites (N-methyl/N-ethyl adjacent to an activating group) is 1. The third-order valence-electron chi connectivity index (χ3n) is 14.7. The van der Waals surface area contributed by atoms with E-state index in [1.807, 2.05) is 0 Å². The number of hydrogen-bond acceptors (Lipinski definition) is 8. The summed E-state index contributed by atoms with van der Waals surface area (Å²) in [7, 11) is 16.2. The van der Waals surface area contributed by atoms with Crippen LogP contribution in [0, 0.1) is 30.6 Å². The van der Waals surface area contributed by atoms with Crippen molar-refractivity contribution in [2.45, 2.75) is 214 Å². The van der Waals surface area contributed by atoms with Gasteiger partial charge in [0.1, 0.15) is 0 Å². The van der Waals surface area contributed by atoms with Crippen LogP contribution in [0.5, 0.6) is 0 Å². The monoisotopic (exact) mass is 1030 g/mol. The predicted molar refractivity (Wildman–Crippen MR) is 340 cm³/mol. The van der Waals surface area contributed by atoms with E-state index < -0.39 is 0 Å². The zero-order chi connectivity index (χ0) is 53.9. The van der Waals surface area contributed by atoms with Gasteiger partial charge in [-0.15, -0.1) is 0 Å². The van der Waals surface area contributed by atoms with Gasteiger partial charge in [-0.25, -0.2) is 0 Å². The highest BCUT2D eigenvalue weighted by molar-refractivity contribution is 5.31. The Labute approximate surface area is 463 Å². The third kappa shape index (κ3) is 49.7. The molecule has 5 saturated heterocycles.